The minimum absolute atomic E-state index is 0.00404. The Balaban J connectivity index is 1.28. The molecule has 0 atom stereocenters. The van der Waals surface area contributed by atoms with Crippen molar-refractivity contribution in [3.8, 4) is 5.75 Å². The second kappa shape index (κ2) is 9.79. The van der Waals surface area contributed by atoms with Crippen molar-refractivity contribution in [3.63, 3.8) is 0 Å². The van der Waals surface area contributed by atoms with Crippen LogP contribution < -0.4 is 10.1 Å². The summed E-state index contributed by atoms with van der Waals surface area (Å²) >= 11 is 0. The molecule has 1 aliphatic rings. The topological polar surface area (TPSA) is 98.1 Å². The fourth-order valence-corrected chi connectivity index (χ4v) is 3.98. The molecule has 1 fully saturated rings. The van der Waals surface area contributed by atoms with Gasteiger partial charge in [-0.2, -0.15) is 0 Å². The molecule has 0 unspecified atom stereocenters. The highest BCUT2D eigenvalue weighted by Gasteiger charge is 2.34. The Morgan fingerprint density at radius 1 is 1.00 bits per heavy atom. The molecule has 0 aliphatic carbocycles. The molecule has 0 saturated carbocycles. The van der Waals surface area contributed by atoms with E-state index in [1.165, 1.54) is 19.2 Å². The SMILES string of the molecule is COC(=O)c1ccc(CN2C(=O)NC(=Cc3cccc(OCc4cccc5ccccc45)c3)C2=O)o1. The van der Waals surface area contributed by atoms with Gasteiger partial charge in [0, 0.05) is 0 Å². The van der Waals surface area contributed by atoms with Gasteiger partial charge in [-0.3, -0.25) is 9.69 Å². The normalized spacial score (nSPS) is 14.4. The third-order valence-corrected chi connectivity index (χ3v) is 5.77. The molecule has 4 aromatic rings. The molecule has 0 spiro atoms. The van der Waals surface area contributed by atoms with Gasteiger partial charge >= 0.3 is 12.0 Å². The number of carbonyl (C=O) groups is 3. The summed E-state index contributed by atoms with van der Waals surface area (Å²) in [6.45, 7) is 0.273. The van der Waals surface area contributed by atoms with E-state index in [2.05, 4.69) is 28.3 Å². The van der Waals surface area contributed by atoms with E-state index in [1.807, 2.05) is 42.5 Å². The number of methoxy groups -OCH3 is 1. The number of ether oxygens (including phenoxy) is 2. The third kappa shape index (κ3) is 4.69. The first-order chi connectivity index (χ1) is 17.5. The van der Waals surface area contributed by atoms with E-state index in [1.54, 1.807) is 12.1 Å². The summed E-state index contributed by atoms with van der Waals surface area (Å²) < 4.78 is 16.0. The van der Waals surface area contributed by atoms with Crippen LogP contribution in [0, 0.1) is 0 Å². The zero-order valence-corrected chi connectivity index (χ0v) is 19.4. The molecule has 2 heterocycles. The smallest absolute Gasteiger partial charge is 0.373 e. The lowest BCUT2D eigenvalue weighted by Gasteiger charge is -2.10. The first-order valence-corrected chi connectivity index (χ1v) is 11.2. The largest absolute Gasteiger partial charge is 0.489 e. The number of nitrogens with zero attached hydrogens (tertiary/aromatic N) is 1. The predicted molar refractivity (Wildman–Crippen MR) is 132 cm³/mol. The van der Waals surface area contributed by atoms with Gasteiger partial charge in [-0.1, -0.05) is 54.6 Å². The molecule has 0 radical (unpaired) electrons. The summed E-state index contributed by atoms with van der Waals surface area (Å²) in [7, 11) is 1.24. The van der Waals surface area contributed by atoms with E-state index in [0.717, 1.165) is 21.2 Å². The monoisotopic (exact) mass is 482 g/mol. The number of benzene rings is 3. The molecule has 1 aliphatic heterocycles. The molecule has 180 valence electrons. The lowest BCUT2D eigenvalue weighted by atomic mass is 10.1. The molecular weight excluding hydrogens is 460 g/mol. The summed E-state index contributed by atoms with van der Waals surface area (Å²) in [5.74, 6) is -0.226. The number of imide groups is 1. The van der Waals surface area contributed by atoms with Gasteiger partial charge in [0.1, 0.15) is 23.8 Å². The Labute approximate surface area is 206 Å². The number of fused-ring (bicyclic) bond motifs is 1. The molecule has 8 heteroatoms. The van der Waals surface area contributed by atoms with Gasteiger partial charge in [-0.25, -0.2) is 9.59 Å². The molecular formula is C28H22N2O6. The maximum Gasteiger partial charge on any atom is 0.373 e. The summed E-state index contributed by atoms with van der Waals surface area (Å²) in [4.78, 5) is 37.8. The molecule has 1 aromatic heterocycles. The van der Waals surface area contributed by atoms with E-state index in [-0.39, 0.29) is 23.8 Å². The van der Waals surface area contributed by atoms with Crippen molar-refractivity contribution in [1.29, 1.82) is 0 Å². The van der Waals surface area contributed by atoms with Gasteiger partial charge in [0.05, 0.1) is 13.7 Å². The van der Waals surface area contributed by atoms with E-state index in [0.29, 0.717) is 17.9 Å². The third-order valence-electron chi connectivity index (χ3n) is 5.77. The highest BCUT2D eigenvalue weighted by molar-refractivity contribution is 6.13. The lowest BCUT2D eigenvalue weighted by Crippen LogP contribution is -2.30. The van der Waals surface area contributed by atoms with Crippen molar-refractivity contribution in [3.05, 3.63) is 107 Å². The fraction of sp³-hybridized carbons (Fsp3) is 0.107. The zero-order chi connectivity index (χ0) is 25.1. The van der Waals surface area contributed by atoms with E-state index in [4.69, 9.17) is 9.15 Å². The Bertz CT molecular complexity index is 1500. The van der Waals surface area contributed by atoms with Gasteiger partial charge in [0.2, 0.25) is 5.76 Å². The quantitative estimate of drug-likeness (QED) is 0.229. The minimum Gasteiger partial charge on any atom is -0.489 e. The molecule has 36 heavy (non-hydrogen) atoms. The number of nitrogens with one attached hydrogen (secondary N) is 1. The van der Waals surface area contributed by atoms with Crippen LogP contribution >= 0.6 is 0 Å². The van der Waals surface area contributed by atoms with Gasteiger partial charge in [0.15, 0.2) is 0 Å². The van der Waals surface area contributed by atoms with E-state index < -0.39 is 17.9 Å². The summed E-state index contributed by atoms with van der Waals surface area (Å²) in [6.07, 6.45) is 1.59. The standard InChI is InChI=1S/C28H22N2O6/c1-34-27(32)25-13-12-22(36-25)16-30-26(31)24(29-28(30)33)15-18-6-4-10-21(14-18)35-17-20-9-5-8-19-7-2-3-11-23(19)20/h2-15H,16-17H2,1H3,(H,29,33). The average molecular weight is 482 g/mol. The molecule has 0 bridgehead atoms. The second-order valence-electron chi connectivity index (χ2n) is 8.14. The van der Waals surface area contributed by atoms with E-state index in [9.17, 15) is 14.4 Å². The number of amides is 3. The van der Waals surface area contributed by atoms with Crippen LogP contribution in [-0.2, 0) is 22.7 Å². The predicted octanol–water partition coefficient (Wildman–Crippen LogP) is 4.89. The van der Waals surface area contributed by atoms with Crippen molar-refractivity contribution in [1.82, 2.24) is 10.2 Å². The summed E-state index contributed by atoms with van der Waals surface area (Å²) in [5.41, 5.74) is 1.90. The van der Waals surface area contributed by atoms with Crippen LogP contribution in [0.15, 0.2) is 89.0 Å². The number of urea groups is 1. The second-order valence-corrected chi connectivity index (χ2v) is 8.14. The summed E-state index contributed by atoms with van der Waals surface area (Å²) in [6, 6.07) is 23.9. The molecule has 1 N–H and O–H groups in total. The summed E-state index contributed by atoms with van der Waals surface area (Å²) in [5, 5.41) is 4.86. The number of esters is 1. The number of carbonyl (C=O) groups excluding carboxylic acids is 3. The van der Waals surface area contributed by atoms with Crippen LogP contribution in [0.2, 0.25) is 0 Å². The first kappa shape index (κ1) is 22.9. The van der Waals surface area contributed by atoms with Crippen LogP contribution in [0.5, 0.6) is 5.75 Å². The fourth-order valence-electron chi connectivity index (χ4n) is 3.98. The van der Waals surface area contributed by atoms with Crippen LogP contribution in [0.1, 0.15) is 27.4 Å². The van der Waals surface area contributed by atoms with Crippen molar-refractivity contribution in [2.75, 3.05) is 7.11 Å². The van der Waals surface area contributed by atoms with Crippen LogP contribution in [0.25, 0.3) is 16.8 Å². The van der Waals surface area contributed by atoms with Crippen molar-refractivity contribution >= 4 is 34.8 Å². The lowest BCUT2D eigenvalue weighted by molar-refractivity contribution is -0.123. The first-order valence-electron chi connectivity index (χ1n) is 11.2. The van der Waals surface area contributed by atoms with Crippen LogP contribution in [-0.4, -0.2) is 29.9 Å². The molecule has 1 saturated heterocycles. The van der Waals surface area contributed by atoms with Gasteiger partial charge in [-0.15, -0.1) is 0 Å². The Morgan fingerprint density at radius 3 is 2.67 bits per heavy atom. The van der Waals surface area contributed by atoms with E-state index >= 15 is 0 Å². The zero-order valence-electron chi connectivity index (χ0n) is 19.4. The molecule has 8 nitrogen and oxygen atoms in total. The molecule has 3 amide bonds. The Hall–Kier alpha value is -4.85. The van der Waals surface area contributed by atoms with Crippen molar-refractivity contribution < 1.29 is 28.3 Å². The number of hydrogen-bond acceptors (Lipinski definition) is 6. The maximum absolute atomic E-state index is 12.9. The van der Waals surface area contributed by atoms with Gasteiger partial charge < -0.3 is 19.2 Å². The average Bonchev–Trinajstić information content (AvgIpc) is 3.47. The maximum atomic E-state index is 12.9. The number of furan rings is 1. The van der Waals surface area contributed by atoms with Crippen molar-refractivity contribution in [2.24, 2.45) is 0 Å². The minimum atomic E-state index is -0.637. The molecule has 5 rings (SSSR count). The highest BCUT2D eigenvalue weighted by atomic mass is 16.5. The van der Waals surface area contributed by atoms with Crippen molar-refractivity contribution in [2.45, 2.75) is 13.2 Å². The van der Waals surface area contributed by atoms with Gasteiger partial charge in [-0.05, 0) is 52.2 Å². The number of rotatable bonds is 7. The van der Waals surface area contributed by atoms with Crippen LogP contribution in [0.4, 0.5) is 4.79 Å². The molecule has 3 aromatic carbocycles. The Morgan fingerprint density at radius 2 is 1.81 bits per heavy atom. The van der Waals surface area contributed by atoms with Crippen LogP contribution in [0.3, 0.4) is 0 Å². The van der Waals surface area contributed by atoms with Gasteiger partial charge in [0.25, 0.3) is 5.91 Å². The Kier molecular flexibility index (Phi) is 6.23. The number of hydrogen-bond donors (Lipinski definition) is 1. The highest BCUT2D eigenvalue weighted by Crippen LogP contribution is 2.23.